The first-order valence-corrected chi connectivity index (χ1v) is 15.8. The summed E-state index contributed by atoms with van der Waals surface area (Å²) in [4.78, 5) is 17.2. The zero-order valence-corrected chi connectivity index (χ0v) is 25.7. The highest BCUT2D eigenvalue weighted by atomic mass is 32.2. The molecule has 2 heterocycles. The van der Waals surface area contributed by atoms with Crippen LogP contribution in [0, 0.1) is 11.6 Å². The summed E-state index contributed by atoms with van der Waals surface area (Å²) in [5.41, 5.74) is 2.50. The number of aromatic nitrogens is 2. The Balaban J connectivity index is 1.43. The van der Waals surface area contributed by atoms with Gasteiger partial charge in [-0.2, -0.15) is 5.10 Å². The fraction of sp³-hybridized carbons (Fsp3) is 0.355. The minimum absolute atomic E-state index is 0.120. The number of carbonyl (C=O) groups is 1. The van der Waals surface area contributed by atoms with Gasteiger partial charge < -0.3 is 25.2 Å². The molecular weight excluding hydrogens is 590 g/mol. The van der Waals surface area contributed by atoms with Crippen LogP contribution in [-0.4, -0.2) is 82.9 Å². The molecule has 0 saturated carbocycles. The van der Waals surface area contributed by atoms with E-state index in [9.17, 15) is 22.0 Å². The molecule has 1 fully saturated rings. The highest BCUT2D eigenvalue weighted by Gasteiger charge is 2.23. The van der Waals surface area contributed by atoms with Gasteiger partial charge in [-0.25, -0.2) is 17.2 Å². The molecule has 0 atom stereocenters. The summed E-state index contributed by atoms with van der Waals surface area (Å²) in [6, 6.07) is 12.0. The molecule has 4 aromatic rings. The van der Waals surface area contributed by atoms with Crippen LogP contribution in [0.2, 0.25) is 0 Å². The van der Waals surface area contributed by atoms with Gasteiger partial charge >= 0.3 is 0 Å². The van der Waals surface area contributed by atoms with E-state index >= 15 is 0 Å². The number of H-pyrrole nitrogens is 1. The Kier molecular flexibility index (Phi) is 9.47. The number of rotatable bonds is 11. The molecule has 234 valence electrons. The van der Waals surface area contributed by atoms with Crippen LogP contribution in [0.5, 0.6) is 0 Å². The molecule has 10 nitrogen and oxygen atoms in total. The Bertz CT molecular complexity index is 1740. The summed E-state index contributed by atoms with van der Waals surface area (Å²) in [5.74, 6) is -2.32. The summed E-state index contributed by atoms with van der Waals surface area (Å²) < 4.78 is 59.5. The van der Waals surface area contributed by atoms with Gasteiger partial charge in [-0.3, -0.25) is 9.89 Å². The van der Waals surface area contributed by atoms with E-state index in [1.807, 2.05) is 33.3 Å². The number of anilines is 3. The van der Waals surface area contributed by atoms with Crippen molar-refractivity contribution < 1.29 is 26.7 Å². The van der Waals surface area contributed by atoms with Gasteiger partial charge in [0.1, 0.15) is 11.6 Å². The molecular formula is C31H36F2N6O4S. The van der Waals surface area contributed by atoms with E-state index < -0.39 is 32.3 Å². The van der Waals surface area contributed by atoms with Crippen molar-refractivity contribution in [1.29, 1.82) is 0 Å². The minimum atomic E-state index is -4.26. The maximum absolute atomic E-state index is 13.8. The number of sulfone groups is 1. The van der Waals surface area contributed by atoms with E-state index in [-0.39, 0.29) is 16.8 Å². The molecule has 1 aliphatic rings. The number of benzene rings is 3. The van der Waals surface area contributed by atoms with Crippen LogP contribution >= 0.6 is 0 Å². The minimum Gasteiger partial charge on any atom is -0.381 e. The molecule has 1 saturated heterocycles. The summed E-state index contributed by atoms with van der Waals surface area (Å²) in [6.07, 6.45) is 2.59. The Morgan fingerprint density at radius 2 is 1.70 bits per heavy atom. The van der Waals surface area contributed by atoms with E-state index in [2.05, 4.69) is 30.6 Å². The zero-order chi connectivity index (χ0) is 31.4. The van der Waals surface area contributed by atoms with E-state index in [1.54, 1.807) is 6.07 Å². The van der Waals surface area contributed by atoms with Gasteiger partial charge in [0.25, 0.3) is 5.91 Å². The normalized spacial score (nSPS) is 14.2. The molecule has 0 unspecified atom stereocenters. The Morgan fingerprint density at radius 3 is 2.41 bits per heavy atom. The fourth-order valence-corrected chi connectivity index (χ4v) is 6.48. The van der Waals surface area contributed by atoms with Crippen molar-refractivity contribution in [1.82, 2.24) is 15.1 Å². The van der Waals surface area contributed by atoms with Gasteiger partial charge in [-0.05, 0) is 88.4 Å². The molecule has 0 spiro atoms. The highest BCUT2D eigenvalue weighted by molar-refractivity contribution is 7.91. The maximum atomic E-state index is 13.8. The molecule has 44 heavy (non-hydrogen) atoms. The predicted octanol–water partition coefficient (Wildman–Crippen LogP) is 4.91. The summed E-state index contributed by atoms with van der Waals surface area (Å²) in [6.45, 7) is 3.07. The maximum Gasteiger partial charge on any atom is 0.258 e. The van der Waals surface area contributed by atoms with Crippen molar-refractivity contribution >= 4 is 43.8 Å². The average molecular weight is 627 g/mol. The number of hydrogen-bond acceptors (Lipinski definition) is 8. The number of nitrogens with one attached hydrogen (secondary N) is 3. The fourth-order valence-electron chi connectivity index (χ4n) is 5.15. The lowest BCUT2D eigenvalue weighted by Crippen LogP contribution is -2.29. The summed E-state index contributed by atoms with van der Waals surface area (Å²) >= 11 is 0. The number of hydrogen-bond donors (Lipinski definition) is 3. The lowest BCUT2D eigenvalue weighted by molar-refractivity contribution is 0.0904. The van der Waals surface area contributed by atoms with Gasteiger partial charge in [0.05, 0.1) is 20.9 Å². The van der Waals surface area contributed by atoms with Gasteiger partial charge in [0.2, 0.25) is 9.84 Å². The van der Waals surface area contributed by atoms with Crippen molar-refractivity contribution in [2.24, 2.45) is 0 Å². The first kappa shape index (κ1) is 31.4. The Morgan fingerprint density at radius 1 is 0.977 bits per heavy atom. The number of amides is 1. The topological polar surface area (TPSA) is 120 Å². The third-order valence-electron chi connectivity index (χ3n) is 7.59. The number of ether oxygens (including phenoxy) is 1. The van der Waals surface area contributed by atoms with Crippen LogP contribution in [0.3, 0.4) is 0 Å². The van der Waals surface area contributed by atoms with E-state index in [4.69, 9.17) is 4.74 Å². The van der Waals surface area contributed by atoms with Crippen LogP contribution in [0.15, 0.2) is 64.4 Å². The van der Waals surface area contributed by atoms with Crippen LogP contribution in [-0.2, 0) is 14.6 Å². The van der Waals surface area contributed by atoms with Crippen molar-refractivity contribution in [3.8, 4) is 0 Å². The van der Waals surface area contributed by atoms with Crippen LogP contribution in [0.4, 0.5) is 26.0 Å². The Hall–Kier alpha value is -4.07. The molecule has 5 rings (SSSR count). The summed E-state index contributed by atoms with van der Waals surface area (Å²) in [7, 11) is 1.83. The van der Waals surface area contributed by atoms with Gasteiger partial charge in [-0.1, -0.05) is 0 Å². The number of carbonyl (C=O) groups excluding carboxylic acids is 1. The number of halogens is 2. The van der Waals surface area contributed by atoms with Crippen molar-refractivity contribution in [3.05, 3.63) is 71.8 Å². The molecule has 3 aromatic carbocycles. The van der Waals surface area contributed by atoms with Gasteiger partial charge in [-0.15, -0.1) is 0 Å². The van der Waals surface area contributed by atoms with Crippen molar-refractivity contribution in [2.75, 3.05) is 63.0 Å². The predicted molar refractivity (Wildman–Crippen MR) is 166 cm³/mol. The number of fused-ring (bicyclic) bond motifs is 1. The molecule has 3 N–H and O–H groups in total. The quantitative estimate of drug-likeness (QED) is 0.215. The van der Waals surface area contributed by atoms with E-state index in [1.165, 1.54) is 18.2 Å². The largest absolute Gasteiger partial charge is 0.381 e. The van der Waals surface area contributed by atoms with Crippen LogP contribution < -0.4 is 15.5 Å². The van der Waals surface area contributed by atoms with Crippen LogP contribution in [0.1, 0.15) is 29.6 Å². The second kappa shape index (κ2) is 13.3. The smallest absolute Gasteiger partial charge is 0.258 e. The molecule has 0 radical (unpaired) electrons. The SMILES string of the molecule is CN(C)CCCN(C)c1ccc(C(=O)Nc2n[nH]c3ccc(S(=O)(=O)c4cc(F)cc(F)c4)cc23)c(NC2CCOCC2)c1. The van der Waals surface area contributed by atoms with Gasteiger partial charge in [0, 0.05) is 55.7 Å². The Labute approximate surface area is 255 Å². The van der Waals surface area contributed by atoms with Crippen molar-refractivity contribution in [2.45, 2.75) is 35.1 Å². The lowest BCUT2D eigenvalue weighted by atomic mass is 10.1. The van der Waals surface area contributed by atoms with E-state index in [0.717, 1.165) is 50.2 Å². The van der Waals surface area contributed by atoms with Crippen molar-refractivity contribution in [3.63, 3.8) is 0 Å². The third-order valence-corrected chi connectivity index (χ3v) is 9.32. The molecule has 1 amide bonds. The second-order valence-corrected chi connectivity index (χ2v) is 13.1. The molecule has 1 aromatic heterocycles. The zero-order valence-electron chi connectivity index (χ0n) is 24.9. The first-order chi connectivity index (χ1) is 21.0. The van der Waals surface area contributed by atoms with E-state index in [0.29, 0.717) is 41.4 Å². The molecule has 1 aliphatic heterocycles. The molecule has 13 heteroatoms. The number of nitrogens with zero attached hydrogens (tertiary/aromatic N) is 3. The van der Waals surface area contributed by atoms with Gasteiger partial charge in [0.15, 0.2) is 5.82 Å². The average Bonchev–Trinajstić information content (AvgIpc) is 3.38. The van der Waals surface area contributed by atoms with Crippen LogP contribution in [0.25, 0.3) is 10.9 Å². The molecule has 0 bridgehead atoms. The standard InChI is InChI=1S/C31H36F2N6O4S/c1-38(2)11-4-12-39(3)23-5-7-26(29(18-23)34-22-9-13-43-14-10-22)31(40)35-30-27-19-24(6-8-28(27)36-37-30)44(41,42)25-16-20(32)15-21(33)17-25/h5-8,15-19,22,34H,4,9-14H2,1-3H3,(H2,35,36,37,40). The number of aromatic amines is 1. The summed E-state index contributed by atoms with van der Waals surface area (Å²) in [5, 5.41) is 13.7. The third kappa shape index (κ3) is 7.17. The highest BCUT2D eigenvalue weighted by Crippen LogP contribution is 2.30. The second-order valence-electron chi connectivity index (χ2n) is 11.2. The first-order valence-electron chi connectivity index (χ1n) is 14.4. The molecule has 0 aliphatic carbocycles. The lowest BCUT2D eigenvalue weighted by Gasteiger charge is -2.27. The monoisotopic (exact) mass is 626 g/mol.